The molecule has 0 aliphatic heterocycles. The van der Waals surface area contributed by atoms with Crippen molar-refractivity contribution >= 4 is 45.8 Å². The lowest BCUT2D eigenvalue weighted by Gasteiger charge is -2.04. The first-order chi connectivity index (χ1) is 8.01. The molecule has 0 amide bonds. The standard InChI is InChI=1S/C9H5Cl2F2N3S/c1-17-9(15-3-14)16-5-2-4(10)7(12)6(11)8(5)13/h2H,1H3,(H,15,16). The van der Waals surface area contributed by atoms with Gasteiger partial charge in [-0.25, -0.2) is 13.8 Å². The van der Waals surface area contributed by atoms with E-state index in [4.69, 9.17) is 28.5 Å². The van der Waals surface area contributed by atoms with Gasteiger partial charge < -0.3 is 0 Å². The van der Waals surface area contributed by atoms with Crippen LogP contribution in [0.15, 0.2) is 11.1 Å². The molecule has 0 aliphatic carbocycles. The highest BCUT2D eigenvalue weighted by molar-refractivity contribution is 8.13. The second kappa shape index (κ2) is 6.05. The van der Waals surface area contributed by atoms with E-state index in [1.807, 2.05) is 0 Å². The number of benzene rings is 1. The fraction of sp³-hybridized carbons (Fsp3) is 0.111. The maximum atomic E-state index is 13.5. The normalized spacial score (nSPS) is 11.2. The first kappa shape index (κ1) is 14.0. The lowest BCUT2D eigenvalue weighted by Crippen LogP contribution is -2.12. The predicted molar refractivity (Wildman–Crippen MR) is 65.7 cm³/mol. The molecule has 0 heterocycles. The van der Waals surface area contributed by atoms with Crippen molar-refractivity contribution in [1.82, 2.24) is 5.32 Å². The van der Waals surface area contributed by atoms with Gasteiger partial charge in [0.2, 0.25) is 0 Å². The molecule has 17 heavy (non-hydrogen) atoms. The third-order valence-electron chi connectivity index (χ3n) is 1.66. The largest absolute Gasteiger partial charge is 0.271 e. The van der Waals surface area contributed by atoms with E-state index in [-0.39, 0.29) is 15.9 Å². The summed E-state index contributed by atoms with van der Waals surface area (Å²) in [5.41, 5.74) is -0.242. The number of hydrogen-bond acceptors (Lipinski definition) is 3. The van der Waals surface area contributed by atoms with E-state index in [0.29, 0.717) is 0 Å². The lowest BCUT2D eigenvalue weighted by atomic mass is 10.3. The average molecular weight is 296 g/mol. The molecule has 0 saturated carbocycles. The molecule has 3 nitrogen and oxygen atoms in total. The molecular formula is C9H5Cl2F2N3S. The van der Waals surface area contributed by atoms with Gasteiger partial charge >= 0.3 is 0 Å². The molecule has 0 unspecified atom stereocenters. The minimum atomic E-state index is -1.04. The fourth-order valence-electron chi connectivity index (χ4n) is 0.924. The number of halogens is 4. The molecule has 0 radical (unpaired) electrons. The van der Waals surface area contributed by atoms with Crippen molar-refractivity contribution in [2.75, 3.05) is 6.26 Å². The zero-order valence-electron chi connectivity index (χ0n) is 8.39. The Hall–Kier alpha value is -1.03. The first-order valence-corrected chi connectivity index (χ1v) is 6.10. The molecular weight excluding hydrogens is 291 g/mol. The highest BCUT2D eigenvalue weighted by atomic mass is 35.5. The van der Waals surface area contributed by atoms with Crippen molar-refractivity contribution in [3.05, 3.63) is 27.7 Å². The van der Waals surface area contributed by atoms with Crippen LogP contribution in [0.2, 0.25) is 10.0 Å². The van der Waals surface area contributed by atoms with Gasteiger partial charge in [0.1, 0.15) is 10.7 Å². The Morgan fingerprint density at radius 2 is 2.12 bits per heavy atom. The third kappa shape index (κ3) is 3.22. The topological polar surface area (TPSA) is 48.2 Å². The summed E-state index contributed by atoms with van der Waals surface area (Å²) in [5, 5.41) is 9.72. The predicted octanol–water partition coefficient (Wildman–Crippen LogP) is 3.69. The van der Waals surface area contributed by atoms with E-state index < -0.39 is 16.7 Å². The summed E-state index contributed by atoms with van der Waals surface area (Å²) in [5.74, 6) is -2.07. The van der Waals surface area contributed by atoms with Crippen LogP contribution in [0.1, 0.15) is 0 Å². The zero-order chi connectivity index (χ0) is 13.0. The van der Waals surface area contributed by atoms with Crippen LogP contribution in [-0.4, -0.2) is 11.4 Å². The maximum Gasteiger partial charge on any atom is 0.183 e. The molecule has 0 aromatic heterocycles. The summed E-state index contributed by atoms with van der Waals surface area (Å²) in [7, 11) is 0. The van der Waals surface area contributed by atoms with Crippen molar-refractivity contribution in [3.63, 3.8) is 0 Å². The molecule has 1 aromatic carbocycles. The van der Waals surface area contributed by atoms with Gasteiger partial charge in [-0.05, 0) is 12.3 Å². The Morgan fingerprint density at radius 1 is 1.47 bits per heavy atom. The second-order valence-corrected chi connectivity index (χ2v) is 4.26. The summed E-state index contributed by atoms with van der Waals surface area (Å²) < 4.78 is 26.6. The number of nitriles is 1. The van der Waals surface area contributed by atoms with Crippen molar-refractivity contribution in [2.45, 2.75) is 0 Å². The van der Waals surface area contributed by atoms with Gasteiger partial charge in [-0.1, -0.05) is 35.0 Å². The van der Waals surface area contributed by atoms with Crippen LogP contribution in [0.3, 0.4) is 0 Å². The Kier molecular flexibility index (Phi) is 5.00. The summed E-state index contributed by atoms with van der Waals surface area (Å²) in [4.78, 5) is 3.76. The summed E-state index contributed by atoms with van der Waals surface area (Å²) >= 11 is 12.0. The summed E-state index contributed by atoms with van der Waals surface area (Å²) in [6, 6.07) is 0.993. The highest BCUT2D eigenvalue weighted by Gasteiger charge is 2.16. The van der Waals surface area contributed by atoms with Gasteiger partial charge in [-0.2, -0.15) is 5.26 Å². The number of thioether (sulfide) groups is 1. The minimum Gasteiger partial charge on any atom is -0.271 e. The second-order valence-electron chi connectivity index (χ2n) is 2.68. The van der Waals surface area contributed by atoms with Crippen molar-refractivity contribution < 1.29 is 8.78 Å². The van der Waals surface area contributed by atoms with Crippen LogP contribution in [0, 0.1) is 23.1 Å². The summed E-state index contributed by atoms with van der Waals surface area (Å²) in [6.07, 6.45) is 3.27. The number of rotatable bonds is 1. The molecule has 1 aromatic rings. The zero-order valence-corrected chi connectivity index (χ0v) is 10.7. The minimum absolute atomic E-state index is 0.144. The smallest absolute Gasteiger partial charge is 0.183 e. The van der Waals surface area contributed by atoms with Gasteiger partial charge in [0, 0.05) is 0 Å². The van der Waals surface area contributed by atoms with Gasteiger partial charge in [-0.3, -0.25) is 5.32 Å². The molecule has 8 heteroatoms. The molecule has 90 valence electrons. The molecule has 0 spiro atoms. The van der Waals surface area contributed by atoms with Gasteiger partial charge in [0.05, 0.1) is 5.02 Å². The molecule has 0 atom stereocenters. The van der Waals surface area contributed by atoms with Crippen LogP contribution in [0.5, 0.6) is 0 Å². The van der Waals surface area contributed by atoms with E-state index in [2.05, 4.69) is 10.3 Å². The van der Waals surface area contributed by atoms with Gasteiger partial charge in [0.25, 0.3) is 0 Å². The maximum absolute atomic E-state index is 13.5. The van der Waals surface area contributed by atoms with E-state index in [1.54, 1.807) is 12.4 Å². The van der Waals surface area contributed by atoms with E-state index >= 15 is 0 Å². The molecule has 0 saturated heterocycles. The van der Waals surface area contributed by atoms with Crippen molar-refractivity contribution in [1.29, 1.82) is 5.26 Å². The Labute approximate surface area is 110 Å². The van der Waals surface area contributed by atoms with Crippen LogP contribution in [0.4, 0.5) is 14.5 Å². The quantitative estimate of drug-likeness (QED) is 0.215. The van der Waals surface area contributed by atoms with Gasteiger partial charge in [0.15, 0.2) is 23.0 Å². The van der Waals surface area contributed by atoms with Crippen molar-refractivity contribution in [3.8, 4) is 6.19 Å². The molecule has 0 fully saturated rings. The van der Waals surface area contributed by atoms with Crippen LogP contribution in [0.25, 0.3) is 0 Å². The molecule has 1 N–H and O–H groups in total. The third-order valence-corrected chi connectivity index (χ3v) is 2.85. The number of hydrogen-bond donors (Lipinski definition) is 1. The van der Waals surface area contributed by atoms with Crippen LogP contribution >= 0.6 is 35.0 Å². The highest BCUT2D eigenvalue weighted by Crippen LogP contribution is 2.33. The Bertz CT molecular complexity index is 514. The number of nitrogens with one attached hydrogen (secondary N) is 1. The molecule has 0 aliphatic rings. The van der Waals surface area contributed by atoms with E-state index in [9.17, 15) is 8.78 Å². The van der Waals surface area contributed by atoms with Gasteiger partial charge in [-0.15, -0.1) is 0 Å². The number of aliphatic imine (C=N–C) groups is 1. The molecule has 1 rings (SSSR count). The molecule has 0 bridgehead atoms. The SMILES string of the molecule is CSC(=Nc1cc(Cl)c(F)c(Cl)c1F)NC#N. The van der Waals surface area contributed by atoms with Crippen molar-refractivity contribution in [2.24, 2.45) is 4.99 Å². The van der Waals surface area contributed by atoms with Crippen LogP contribution < -0.4 is 5.32 Å². The number of nitrogens with zero attached hydrogens (tertiary/aromatic N) is 2. The Morgan fingerprint density at radius 3 is 2.65 bits per heavy atom. The van der Waals surface area contributed by atoms with E-state index in [1.165, 1.54) is 0 Å². The van der Waals surface area contributed by atoms with Crippen LogP contribution in [-0.2, 0) is 0 Å². The van der Waals surface area contributed by atoms with E-state index in [0.717, 1.165) is 17.8 Å². The fourth-order valence-corrected chi connectivity index (χ4v) is 1.71. The summed E-state index contributed by atoms with van der Waals surface area (Å²) in [6.45, 7) is 0. The average Bonchev–Trinajstić information content (AvgIpc) is 2.32. The number of amidine groups is 1. The Balaban J connectivity index is 3.29. The first-order valence-electron chi connectivity index (χ1n) is 4.12. The lowest BCUT2D eigenvalue weighted by molar-refractivity contribution is 0.586. The monoisotopic (exact) mass is 295 g/mol.